The van der Waals surface area contributed by atoms with Crippen LogP contribution in [0.4, 0.5) is 13.2 Å². The molecule has 0 aromatic heterocycles. The lowest BCUT2D eigenvalue weighted by Gasteiger charge is -2.08. The van der Waals surface area contributed by atoms with Gasteiger partial charge < -0.3 is 0 Å². The first-order valence-corrected chi connectivity index (χ1v) is 6.83. The Morgan fingerprint density at radius 3 is 2.14 bits per heavy atom. The van der Waals surface area contributed by atoms with Crippen molar-refractivity contribution >= 4 is 23.2 Å². The summed E-state index contributed by atoms with van der Waals surface area (Å²) in [5.74, 6) is -2.30. The Labute approximate surface area is 124 Å². The second kappa shape index (κ2) is 6.51. The molecule has 0 aliphatic rings. The van der Waals surface area contributed by atoms with E-state index in [0.29, 0.717) is 17.3 Å². The molecule has 0 radical (unpaired) electrons. The number of nitrogens with zero attached hydrogens (tertiary/aromatic N) is 1. The maximum absolute atomic E-state index is 14.3. The largest absolute Gasteiger partial charge is 0.206 e. The number of hydrogen-bond donors (Lipinski definition) is 0. The highest BCUT2D eigenvalue weighted by Crippen LogP contribution is 2.31. The lowest BCUT2D eigenvalue weighted by Crippen LogP contribution is -1.92. The van der Waals surface area contributed by atoms with E-state index in [4.69, 9.17) is 5.26 Å². The third kappa shape index (κ3) is 3.29. The fourth-order valence-electron chi connectivity index (χ4n) is 1.85. The van der Waals surface area contributed by atoms with Gasteiger partial charge >= 0.3 is 0 Å². The first-order valence-electron chi connectivity index (χ1n) is 6.01. The minimum Gasteiger partial charge on any atom is -0.206 e. The van der Waals surface area contributed by atoms with Crippen LogP contribution in [0.25, 0.3) is 11.4 Å². The Bertz CT molecular complexity index is 710. The molecule has 0 aliphatic carbocycles. The number of benzene rings is 2. The second-order valence-corrected chi connectivity index (χ2v) is 5.06. The molecular weight excluding hydrogens is 295 g/mol. The minimum absolute atomic E-state index is 0.105. The molecule has 0 fully saturated rings. The summed E-state index contributed by atoms with van der Waals surface area (Å²) in [4.78, 5) is -0.380. The van der Waals surface area contributed by atoms with Gasteiger partial charge in [0.2, 0.25) is 0 Å². The molecule has 0 unspecified atom stereocenters. The van der Waals surface area contributed by atoms with Crippen LogP contribution in [0.15, 0.2) is 47.4 Å². The van der Waals surface area contributed by atoms with Gasteiger partial charge in [-0.25, -0.2) is 13.2 Å². The molecule has 0 saturated carbocycles. The lowest BCUT2D eigenvalue weighted by atomic mass is 10.0. The topological polar surface area (TPSA) is 23.8 Å². The highest BCUT2D eigenvalue weighted by Gasteiger charge is 2.15. The number of allylic oxidation sites excluding steroid dienone is 1. The Morgan fingerprint density at radius 2 is 1.62 bits per heavy atom. The van der Waals surface area contributed by atoms with Gasteiger partial charge in [-0.15, -0.1) is 0 Å². The zero-order valence-electron chi connectivity index (χ0n) is 11.0. The Morgan fingerprint density at radius 1 is 1.05 bits per heavy atom. The van der Waals surface area contributed by atoms with Gasteiger partial charge in [0, 0.05) is 5.56 Å². The van der Waals surface area contributed by atoms with Gasteiger partial charge in [-0.05, 0) is 42.0 Å². The Balaban J connectivity index is 2.50. The number of nitriles is 1. The Kier molecular flexibility index (Phi) is 4.71. The van der Waals surface area contributed by atoms with Gasteiger partial charge in [0.25, 0.3) is 0 Å². The summed E-state index contributed by atoms with van der Waals surface area (Å²) in [6, 6.07) is 10.3. The molecule has 0 bridgehead atoms. The molecule has 0 spiro atoms. The summed E-state index contributed by atoms with van der Waals surface area (Å²) >= 11 is 0.399. The molecule has 2 aromatic rings. The summed E-state index contributed by atoms with van der Waals surface area (Å²) < 4.78 is 41.8. The van der Waals surface area contributed by atoms with E-state index in [0.717, 1.165) is 12.1 Å². The highest BCUT2D eigenvalue weighted by atomic mass is 32.2. The summed E-state index contributed by atoms with van der Waals surface area (Å²) in [5, 5.41) is 10.1. The van der Waals surface area contributed by atoms with Crippen molar-refractivity contribution in [1.29, 1.82) is 5.26 Å². The van der Waals surface area contributed by atoms with E-state index < -0.39 is 17.5 Å². The van der Waals surface area contributed by atoms with Crippen LogP contribution in [0.1, 0.15) is 18.1 Å². The standard InChI is InChI=1S/C16H10F3NS/c1-10(15(19)11-5-3-2-4-6-11)12-7-13(17)16(21-9-20)14(18)8-12/h2-8H,1H3/b15-10-. The van der Waals surface area contributed by atoms with E-state index in [-0.39, 0.29) is 16.0 Å². The van der Waals surface area contributed by atoms with Crippen LogP contribution in [0.5, 0.6) is 0 Å². The smallest absolute Gasteiger partial charge is 0.141 e. The molecule has 2 aromatic carbocycles. The van der Waals surface area contributed by atoms with Gasteiger partial charge in [0.05, 0.1) is 4.90 Å². The van der Waals surface area contributed by atoms with Crippen LogP contribution in [0, 0.1) is 22.3 Å². The zero-order chi connectivity index (χ0) is 15.4. The van der Waals surface area contributed by atoms with Crippen molar-refractivity contribution < 1.29 is 13.2 Å². The van der Waals surface area contributed by atoms with E-state index >= 15 is 0 Å². The quantitative estimate of drug-likeness (QED) is 0.431. The lowest BCUT2D eigenvalue weighted by molar-refractivity contribution is 0.540. The molecule has 106 valence electrons. The van der Waals surface area contributed by atoms with E-state index in [9.17, 15) is 13.2 Å². The molecule has 5 heteroatoms. The number of thiocyanates is 1. The minimum atomic E-state index is -0.878. The SMILES string of the molecule is C/C(=C(/F)c1ccccc1)c1cc(F)c(SC#N)c(F)c1. The van der Waals surface area contributed by atoms with Crippen LogP contribution in [-0.4, -0.2) is 0 Å². The number of halogens is 3. The fourth-order valence-corrected chi connectivity index (χ4v) is 2.25. The van der Waals surface area contributed by atoms with Crippen molar-refractivity contribution in [1.82, 2.24) is 0 Å². The fraction of sp³-hybridized carbons (Fsp3) is 0.0625. The van der Waals surface area contributed by atoms with Crippen molar-refractivity contribution in [3.05, 3.63) is 65.2 Å². The predicted molar refractivity (Wildman–Crippen MR) is 77.9 cm³/mol. The Hall–Kier alpha value is -2.19. The van der Waals surface area contributed by atoms with Crippen molar-refractivity contribution in [3.63, 3.8) is 0 Å². The van der Waals surface area contributed by atoms with Gasteiger partial charge in [-0.3, -0.25) is 0 Å². The van der Waals surface area contributed by atoms with Gasteiger partial charge in [-0.2, -0.15) is 5.26 Å². The summed E-state index contributed by atoms with van der Waals surface area (Å²) in [7, 11) is 0. The molecule has 2 rings (SSSR count). The molecule has 0 amide bonds. The second-order valence-electron chi connectivity index (χ2n) is 4.27. The maximum atomic E-state index is 14.3. The molecule has 0 aliphatic heterocycles. The van der Waals surface area contributed by atoms with E-state index in [1.807, 2.05) is 0 Å². The van der Waals surface area contributed by atoms with Gasteiger partial charge in [0.15, 0.2) is 0 Å². The first kappa shape index (κ1) is 15.2. The normalized spacial score (nSPS) is 11.8. The van der Waals surface area contributed by atoms with E-state index in [2.05, 4.69) is 0 Å². The molecule has 0 atom stereocenters. The molecule has 0 saturated heterocycles. The summed E-state index contributed by atoms with van der Waals surface area (Å²) in [5.41, 5.74) is 0.576. The van der Waals surface area contributed by atoms with Crippen LogP contribution >= 0.6 is 11.8 Å². The van der Waals surface area contributed by atoms with Crippen LogP contribution in [-0.2, 0) is 0 Å². The van der Waals surface area contributed by atoms with E-state index in [1.54, 1.807) is 35.7 Å². The number of rotatable bonds is 3. The van der Waals surface area contributed by atoms with Crippen molar-refractivity contribution in [2.45, 2.75) is 11.8 Å². The summed E-state index contributed by atoms with van der Waals surface area (Å²) in [6.07, 6.45) is 0. The number of hydrogen-bond acceptors (Lipinski definition) is 2. The molecule has 1 nitrogen and oxygen atoms in total. The molecular formula is C16H10F3NS. The predicted octanol–water partition coefficient (Wildman–Crippen LogP) is 5.40. The van der Waals surface area contributed by atoms with Crippen LogP contribution in [0.3, 0.4) is 0 Å². The summed E-state index contributed by atoms with van der Waals surface area (Å²) in [6.45, 7) is 1.45. The van der Waals surface area contributed by atoms with Crippen molar-refractivity contribution in [2.75, 3.05) is 0 Å². The average Bonchev–Trinajstić information content (AvgIpc) is 2.50. The number of thioether (sulfide) groups is 1. The van der Waals surface area contributed by atoms with Gasteiger partial charge in [-0.1, -0.05) is 30.3 Å². The zero-order valence-corrected chi connectivity index (χ0v) is 11.8. The average molecular weight is 305 g/mol. The van der Waals surface area contributed by atoms with Crippen molar-refractivity contribution in [3.8, 4) is 5.40 Å². The third-order valence-corrected chi connectivity index (χ3v) is 3.62. The van der Waals surface area contributed by atoms with Crippen LogP contribution < -0.4 is 0 Å². The third-order valence-electron chi connectivity index (χ3n) is 2.94. The van der Waals surface area contributed by atoms with E-state index in [1.165, 1.54) is 6.92 Å². The molecule has 0 N–H and O–H groups in total. The van der Waals surface area contributed by atoms with Gasteiger partial charge in [0.1, 0.15) is 22.9 Å². The maximum Gasteiger partial charge on any atom is 0.141 e. The molecule has 21 heavy (non-hydrogen) atoms. The monoisotopic (exact) mass is 305 g/mol. The van der Waals surface area contributed by atoms with Crippen LogP contribution in [0.2, 0.25) is 0 Å². The molecule has 0 heterocycles. The van der Waals surface area contributed by atoms with Crippen molar-refractivity contribution in [2.24, 2.45) is 0 Å². The first-order chi connectivity index (χ1) is 10.0. The highest BCUT2D eigenvalue weighted by molar-refractivity contribution is 8.03.